The van der Waals surface area contributed by atoms with Crippen molar-refractivity contribution in [3.8, 4) is 6.07 Å². The van der Waals surface area contributed by atoms with Gasteiger partial charge in [0.15, 0.2) is 0 Å². The van der Waals surface area contributed by atoms with Gasteiger partial charge in [-0.2, -0.15) is 5.26 Å². The predicted octanol–water partition coefficient (Wildman–Crippen LogP) is 4.27. The monoisotopic (exact) mass is 387 g/mol. The molecule has 0 aliphatic heterocycles. The van der Waals surface area contributed by atoms with Crippen LogP contribution in [-0.4, -0.2) is 20.0 Å². The third-order valence-corrected chi connectivity index (χ3v) is 3.79. The van der Waals surface area contributed by atoms with E-state index in [1.807, 2.05) is 52.2 Å². The molecule has 2 rings (SSSR count). The number of carbonyl (C=O) groups excluding carboxylic acids is 1. The van der Waals surface area contributed by atoms with Gasteiger partial charge in [0.05, 0.1) is 4.47 Å². The Morgan fingerprint density at radius 2 is 1.88 bits per heavy atom. The lowest BCUT2D eigenvalue weighted by molar-refractivity contribution is -0.112. The van der Waals surface area contributed by atoms with Gasteiger partial charge < -0.3 is 14.6 Å². The molecule has 1 N–H and O–H groups in total. The molecule has 0 aliphatic carbocycles. The minimum Gasteiger partial charge on any atom is -0.440 e. The average molecular weight is 388 g/mol. The summed E-state index contributed by atoms with van der Waals surface area (Å²) in [7, 11) is 3.68. The van der Waals surface area contributed by atoms with Crippen LogP contribution in [0.4, 0.5) is 11.6 Å². The topological polar surface area (TPSA) is 69.3 Å². The zero-order valence-electron chi connectivity index (χ0n) is 14.0. The maximum atomic E-state index is 12.3. The van der Waals surface area contributed by atoms with E-state index in [1.165, 1.54) is 6.08 Å². The molecule has 2 aromatic rings. The molecule has 0 spiro atoms. The number of benzene rings is 1. The molecule has 0 fully saturated rings. The lowest BCUT2D eigenvalue weighted by Crippen LogP contribution is -2.13. The van der Waals surface area contributed by atoms with Crippen LogP contribution in [0.3, 0.4) is 0 Å². The summed E-state index contributed by atoms with van der Waals surface area (Å²) in [5.41, 5.74) is 2.71. The summed E-state index contributed by atoms with van der Waals surface area (Å²) in [5.74, 6) is 0.576. The van der Waals surface area contributed by atoms with E-state index in [1.54, 1.807) is 11.0 Å². The second kappa shape index (κ2) is 7.37. The number of hydrogen-bond donors (Lipinski definition) is 1. The van der Waals surface area contributed by atoms with Gasteiger partial charge in [0, 0.05) is 31.9 Å². The number of furan rings is 1. The van der Waals surface area contributed by atoms with E-state index in [0.717, 1.165) is 15.6 Å². The number of aryl methyl sites for hydroxylation is 2. The SMILES string of the molecule is Cc1cc(C)cc(NC(=O)C(C#N)=Cc2cc(Br)c(N(C)C)o2)c1. The normalized spacial score (nSPS) is 11.1. The molecule has 1 amide bonds. The number of nitrogens with zero attached hydrogens (tertiary/aromatic N) is 2. The highest BCUT2D eigenvalue weighted by atomic mass is 79.9. The lowest BCUT2D eigenvalue weighted by atomic mass is 10.1. The van der Waals surface area contributed by atoms with Crippen molar-refractivity contribution in [3.05, 3.63) is 51.2 Å². The quantitative estimate of drug-likeness (QED) is 0.627. The second-order valence-electron chi connectivity index (χ2n) is 5.70. The van der Waals surface area contributed by atoms with Crippen LogP contribution in [0.1, 0.15) is 16.9 Å². The van der Waals surface area contributed by atoms with Crippen molar-refractivity contribution < 1.29 is 9.21 Å². The van der Waals surface area contributed by atoms with Gasteiger partial charge >= 0.3 is 0 Å². The highest BCUT2D eigenvalue weighted by Gasteiger charge is 2.14. The Morgan fingerprint density at radius 3 is 2.38 bits per heavy atom. The Labute approximate surface area is 149 Å². The number of amides is 1. The maximum absolute atomic E-state index is 12.3. The van der Waals surface area contributed by atoms with Crippen molar-refractivity contribution in [2.75, 3.05) is 24.3 Å². The smallest absolute Gasteiger partial charge is 0.266 e. The Hall–Kier alpha value is -2.52. The number of carbonyl (C=O) groups is 1. The van der Waals surface area contributed by atoms with Gasteiger partial charge in [0.1, 0.15) is 17.4 Å². The van der Waals surface area contributed by atoms with Crippen LogP contribution < -0.4 is 10.2 Å². The largest absolute Gasteiger partial charge is 0.440 e. The van der Waals surface area contributed by atoms with Crippen LogP contribution in [0.2, 0.25) is 0 Å². The van der Waals surface area contributed by atoms with Crippen molar-refractivity contribution in [1.29, 1.82) is 5.26 Å². The van der Waals surface area contributed by atoms with E-state index >= 15 is 0 Å². The minimum atomic E-state index is -0.471. The Bertz CT molecular complexity index is 824. The summed E-state index contributed by atoms with van der Waals surface area (Å²) in [6.45, 7) is 3.90. The molecule has 1 aromatic heterocycles. The molecule has 0 saturated heterocycles. The first-order chi connectivity index (χ1) is 11.3. The molecule has 0 unspecified atom stereocenters. The summed E-state index contributed by atoms with van der Waals surface area (Å²) in [6.07, 6.45) is 1.43. The minimum absolute atomic E-state index is 0.0271. The molecule has 0 atom stereocenters. The van der Waals surface area contributed by atoms with Gasteiger partial charge in [0.2, 0.25) is 5.88 Å². The van der Waals surface area contributed by atoms with E-state index < -0.39 is 5.91 Å². The molecule has 0 saturated carbocycles. The van der Waals surface area contributed by atoms with Gasteiger partial charge in [0.25, 0.3) is 5.91 Å². The van der Waals surface area contributed by atoms with Crippen LogP contribution in [-0.2, 0) is 4.79 Å². The zero-order chi connectivity index (χ0) is 17.9. The number of rotatable bonds is 4. The molecule has 0 radical (unpaired) electrons. The van der Waals surface area contributed by atoms with Crippen LogP contribution >= 0.6 is 15.9 Å². The van der Waals surface area contributed by atoms with Gasteiger partial charge in [-0.3, -0.25) is 4.79 Å². The maximum Gasteiger partial charge on any atom is 0.266 e. The summed E-state index contributed by atoms with van der Waals surface area (Å²) in [5, 5.41) is 12.0. The van der Waals surface area contributed by atoms with Crippen molar-refractivity contribution in [1.82, 2.24) is 0 Å². The van der Waals surface area contributed by atoms with Crippen LogP contribution in [0.5, 0.6) is 0 Å². The van der Waals surface area contributed by atoms with Crippen molar-refractivity contribution in [3.63, 3.8) is 0 Å². The van der Waals surface area contributed by atoms with Gasteiger partial charge in [-0.05, 0) is 53.0 Å². The Morgan fingerprint density at radius 1 is 1.25 bits per heavy atom. The highest BCUT2D eigenvalue weighted by Crippen LogP contribution is 2.30. The zero-order valence-corrected chi connectivity index (χ0v) is 15.6. The summed E-state index contributed by atoms with van der Waals surface area (Å²) >= 11 is 3.39. The molecule has 1 heterocycles. The van der Waals surface area contributed by atoms with Crippen LogP contribution in [0, 0.1) is 25.2 Å². The van der Waals surface area contributed by atoms with E-state index in [9.17, 15) is 10.1 Å². The second-order valence-corrected chi connectivity index (χ2v) is 6.55. The predicted molar refractivity (Wildman–Crippen MR) is 98.9 cm³/mol. The van der Waals surface area contributed by atoms with Crippen LogP contribution in [0.25, 0.3) is 6.08 Å². The standard InChI is InChI=1S/C18H18BrN3O2/c1-11-5-12(2)7-14(6-11)21-17(23)13(10-20)8-15-9-16(19)18(24-15)22(3)4/h5-9H,1-4H3,(H,21,23). The van der Waals surface area contributed by atoms with Crippen molar-refractivity contribution in [2.24, 2.45) is 0 Å². The molecule has 0 bridgehead atoms. The van der Waals surface area contributed by atoms with E-state index in [-0.39, 0.29) is 5.57 Å². The molecule has 0 aliphatic rings. The van der Waals surface area contributed by atoms with E-state index in [0.29, 0.717) is 17.3 Å². The van der Waals surface area contributed by atoms with Crippen molar-refractivity contribution >= 4 is 39.5 Å². The molecule has 124 valence electrons. The van der Waals surface area contributed by atoms with Gasteiger partial charge in [-0.25, -0.2) is 0 Å². The fourth-order valence-electron chi connectivity index (χ4n) is 2.29. The van der Waals surface area contributed by atoms with E-state index in [2.05, 4.69) is 21.2 Å². The molecule has 24 heavy (non-hydrogen) atoms. The Kier molecular flexibility index (Phi) is 5.47. The number of anilines is 2. The molecule has 6 heteroatoms. The molecule has 5 nitrogen and oxygen atoms in total. The third kappa shape index (κ3) is 4.27. The fraction of sp³-hybridized carbons (Fsp3) is 0.222. The first-order valence-electron chi connectivity index (χ1n) is 7.28. The lowest BCUT2D eigenvalue weighted by Gasteiger charge is -2.08. The summed E-state index contributed by atoms with van der Waals surface area (Å²) < 4.78 is 6.37. The average Bonchev–Trinajstić information content (AvgIpc) is 2.84. The number of nitrogens with one attached hydrogen (secondary N) is 1. The fourth-order valence-corrected chi connectivity index (χ4v) is 2.95. The Balaban J connectivity index is 2.25. The van der Waals surface area contributed by atoms with Gasteiger partial charge in [-0.15, -0.1) is 0 Å². The first-order valence-corrected chi connectivity index (χ1v) is 8.07. The highest BCUT2D eigenvalue weighted by molar-refractivity contribution is 9.10. The van der Waals surface area contributed by atoms with E-state index in [4.69, 9.17) is 4.42 Å². The molecular formula is C18H18BrN3O2. The number of nitriles is 1. The van der Waals surface area contributed by atoms with Gasteiger partial charge in [-0.1, -0.05) is 6.07 Å². The van der Waals surface area contributed by atoms with Crippen molar-refractivity contribution in [2.45, 2.75) is 13.8 Å². The molecule has 1 aromatic carbocycles. The summed E-state index contributed by atoms with van der Waals surface area (Å²) in [4.78, 5) is 14.1. The summed E-state index contributed by atoms with van der Waals surface area (Å²) in [6, 6.07) is 9.36. The third-order valence-electron chi connectivity index (χ3n) is 3.23. The number of halogens is 1. The number of hydrogen-bond acceptors (Lipinski definition) is 4. The molecular weight excluding hydrogens is 370 g/mol. The first kappa shape index (κ1) is 17.8. The van der Waals surface area contributed by atoms with Crippen LogP contribution in [0.15, 0.2) is 38.7 Å².